The maximum atomic E-state index is 5.00. The Bertz CT molecular complexity index is 113. The van der Waals surface area contributed by atoms with Crippen LogP contribution in [0.1, 0.15) is 6.42 Å². The van der Waals surface area contributed by atoms with Gasteiger partial charge in [-0.25, -0.2) is 5.01 Å². The van der Waals surface area contributed by atoms with Gasteiger partial charge in [-0.1, -0.05) is 12.2 Å². The topological polar surface area (TPSA) is 6.48 Å². The SMILES string of the molecule is CN1CCC(=S)N1C. The minimum Gasteiger partial charge on any atom is -0.303 e. The summed E-state index contributed by atoms with van der Waals surface area (Å²) >= 11 is 5.00. The summed E-state index contributed by atoms with van der Waals surface area (Å²) < 4.78 is 0. The summed E-state index contributed by atoms with van der Waals surface area (Å²) in [6.07, 6.45) is 1.04. The Balaban J connectivity index is 2.56. The van der Waals surface area contributed by atoms with Crippen molar-refractivity contribution in [2.75, 3.05) is 20.6 Å². The second-order valence-corrected chi connectivity index (χ2v) is 2.52. The van der Waals surface area contributed by atoms with E-state index >= 15 is 0 Å². The lowest BCUT2D eigenvalue weighted by Gasteiger charge is -2.19. The van der Waals surface area contributed by atoms with Crippen molar-refractivity contribution in [3.63, 3.8) is 0 Å². The van der Waals surface area contributed by atoms with Crippen LogP contribution in [0.25, 0.3) is 0 Å². The Kier molecular flexibility index (Phi) is 1.49. The molecule has 0 N–H and O–H groups in total. The molecular weight excluding hydrogens is 120 g/mol. The number of rotatable bonds is 0. The van der Waals surface area contributed by atoms with Crippen molar-refractivity contribution < 1.29 is 0 Å². The number of hydrogen-bond acceptors (Lipinski definition) is 2. The predicted molar refractivity (Wildman–Crippen MR) is 37.6 cm³/mol. The van der Waals surface area contributed by atoms with E-state index in [0.29, 0.717) is 0 Å². The standard InChI is InChI=1S/C5H10N2S/c1-6-4-3-5(8)7(6)2/h3-4H2,1-2H3. The molecule has 1 saturated heterocycles. The second kappa shape index (κ2) is 1.99. The fourth-order valence-corrected chi connectivity index (χ4v) is 0.990. The number of hydrazine groups is 1. The van der Waals surface area contributed by atoms with Gasteiger partial charge in [0, 0.05) is 27.1 Å². The monoisotopic (exact) mass is 130 g/mol. The van der Waals surface area contributed by atoms with Crippen LogP contribution in [-0.2, 0) is 0 Å². The molecule has 0 radical (unpaired) electrons. The molecule has 0 saturated carbocycles. The summed E-state index contributed by atoms with van der Waals surface area (Å²) in [6.45, 7) is 1.08. The highest BCUT2D eigenvalue weighted by Crippen LogP contribution is 2.06. The molecule has 0 atom stereocenters. The molecule has 0 amide bonds. The minimum absolute atomic E-state index is 1.04. The molecule has 0 aliphatic carbocycles. The Morgan fingerprint density at radius 3 is 2.25 bits per heavy atom. The van der Waals surface area contributed by atoms with E-state index in [4.69, 9.17) is 12.2 Å². The summed E-state index contributed by atoms with van der Waals surface area (Å²) in [5.74, 6) is 0. The summed E-state index contributed by atoms with van der Waals surface area (Å²) in [7, 11) is 4.04. The predicted octanol–water partition coefficient (Wildman–Crippen LogP) is 0.496. The lowest BCUT2D eigenvalue weighted by molar-refractivity contribution is 0.145. The van der Waals surface area contributed by atoms with Gasteiger partial charge in [-0.2, -0.15) is 0 Å². The van der Waals surface area contributed by atoms with Crippen LogP contribution in [0.4, 0.5) is 0 Å². The largest absolute Gasteiger partial charge is 0.303 e. The maximum Gasteiger partial charge on any atom is 0.0934 e. The Morgan fingerprint density at radius 1 is 1.50 bits per heavy atom. The quantitative estimate of drug-likeness (QED) is 0.441. The Hall–Kier alpha value is -0.150. The van der Waals surface area contributed by atoms with Gasteiger partial charge in [0.05, 0.1) is 4.99 Å². The second-order valence-electron chi connectivity index (χ2n) is 2.05. The van der Waals surface area contributed by atoms with Gasteiger partial charge < -0.3 is 5.01 Å². The lowest BCUT2D eigenvalue weighted by Crippen LogP contribution is -2.30. The van der Waals surface area contributed by atoms with Gasteiger partial charge >= 0.3 is 0 Å². The lowest BCUT2D eigenvalue weighted by atomic mass is 10.5. The first-order chi connectivity index (χ1) is 3.72. The molecule has 1 rings (SSSR count). The van der Waals surface area contributed by atoms with E-state index in [1.54, 1.807) is 0 Å². The fraction of sp³-hybridized carbons (Fsp3) is 0.800. The molecule has 0 aromatic rings. The van der Waals surface area contributed by atoms with Crippen molar-refractivity contribution in [2.45, 2.75) is 6.42 Å². The summed E-state index contributed by atoms with van der Waals surface area (Å²) in [4.78, 5) is 1.05. The molecule has 1 aliphatic rings. The number of hydrogen-bond donors (Lipinski definition) is 0. The highest BCUT2D eigenvalue weighted by molar-refractivity contribution is 7.80. The average molecular weight is 130 g/mol. The first-order valence-electron chi connectivity index (χ1n) is 2.69. The molecule has 1 aliphatic heterocycles. The van der Waals surface area contributed by atoms with Crippen LogP contribution in [0.5, 0.6) is 0 Å². The molecule has 0 unspecified atom stereocenters. The van der Waals surface area contributed by atoms with Gasteiger partial charge in [0.2, 0.25) is 0 Å². The number of nitrogens with zero attached hydrogens (tertiary/aromatic N) is 2. The van der Waals surface area contributed by atoms with Crippen LogP contribution < -0.4 is 0 Å². The van der Waals surface area contributed by atoms with Crippen molar-refractivity contribution in [2.24, 2.45) is 0 Å². The zero-order valence-electron chi connectivity index (χ0n) is 5.22. The van der Waals surface area contributed by atoms with E-state index in [-0.39, 0.29) is 0 Å². The molecule has 2 nitrogen and oxygen atoms in total. The molecule has 46 valence electrons. The van der Waals surface area contributed by atoms with Gasteiger partial charge in [-0.3, -0.25) is 0 Å². The first kappa shape index (κ1) is 5.98. The molecule has 0 bridgehead atoms. The van der Waals surface area contributed by atoms with Crippen molar-refractivity contribution >= 4 is 17.2 Å². The smallest absolute Gasteiger partial charge is 0.0934 e. The summed E-state index contributed by atoms with van der Waals surface area (Å²) in [5, 5.41) is 4.12. The zero-order valence-corrected chi connectivity index (χ0v) is 6.03. The van der Waals surface area contributed by atoms with Crippen molar-refractivity contribution in [3.8, 4) is 0 Å². The third kappa shape index (κ3) is 0.833. The van der Waals surface area contributed by atoms with Crippen molar-refractivity contribution in [1.29, 1.82) is 0 Å². The molecule has 0 aromatic heterocycles. The maximum absolute atomic E-state index is 5.00. The summed E-state index contributed by atoms with van der Waals surface area (Å²) in [5.41, 5.74) is 0. The van der Waals surface area contributed by atoms with E-state index in [0.717, 1.165) is 18.0 Å². The van der Waals surface area contributed by atoms with E-state index in [2.05, 4.69) is 5.01 Å². The molecule has 0 aromatic carbocycles. The zero-order chi connectivity index (χ0) is 6.15. The molecule has 0 spiro atoms. The van der Waals surface area contributed by atoms with Crippen LogP contribution >= 0.6 is 12.2 Å². The average Bonchev–Trinajstić information content (AvgIpc) is 1.98. The van der Waals surface area contributed by atoms with E-state index < -0.39 is 0 Å². The van der Waals surface area contributed by atoms with Crippen LogP contribution in [0.2, 0.25) is 0 Å². The molecule has 3 heteroatoms. The molecule has 8 heavy (non-hydrogen) atoms. The Labute approximate surface area is 55.0 Å². The van der Waals surface area contributed by atoms with Crippen LogP contribution in [-0.4, -0.2) is 35.6 Å². The fourth-order valence-electron chi connectivity index (χ4n) is 0.760. The summed E-state index contributed by atoms with van der Waals surface area (Å²) in [6, 6.07) is 0. The van der Waals surface area contributed by atoms with Gasteiger partial charge in [0.25, 0.3) is 0 Å². The van der Waals surface area contributed by atoms with Crippen LogP contribution in [0.15, 0.2) is 0 Å². The highest BCUT2D eigenvalue weighted by Gasteiger charge is 2.16. The molecule has 1 fully saturated rings. The molecular formula is C5H10N2S. The highest BCUT2D eigenvalue weighted by atomic mass is 32.1. The third-order valence-corrected chi connectivity index (χ3v) is 1.99. The van der Waals surface area contributed by atoms with E-state index in [9.17, 15) is 0 Å². The van der Waals surface area contributed by atoms with E-state index in [1.165, 1.54) is 0 Å². The van der Waals surface area contributed by atoms with Crippen molar-refractivity contribution in [3.05, 3.63) is 0 Å². The van der Waals surface area contributed by atoms with E-state index in [1.807, 2.05) is 19.1 Å². The normalized spacial score (nSPS) is 22.8. The molecule has 1 heterocycles. The number of thiocarbonyl (C=S) groups is 1. The first-order valence-corrected chi connectivity index (χ1v) is 3.10. The Morgan fingerprint density at radius 2 is 2.12 bits per heavy atom. The van der Waals surface area contributed by atoms with Gasteiger partial charge in [0.15, 0.2) is 0 Å². The van der Waals surface area contributed by atoms with Crippen LogP contribution in [0, 0.1) is 0 Å². The van der Waals surface area contributed by atoms with Gasteiger partial charge in [-0.15, -0.1) is 0 Å². The van der Waals surface area contributed by atoms with Gasteiger partial charge in [-0.05, 0) is 0 Å². The minimum atomic E-state index is 1.04. The van der Waals surface area contributed by atoms with Crippen molar-refractivity contribution in [1.82, 2.24) is 10.0 Å². The van der Waals surface area contributed by atoms with Crippen LogP contribution in [0.3, 0.4) is 0 Å². The third-order valence-electron chi connectivity index (χ3n) is 1.52. The van der Waals surface area contributed by atoms with Gasteiger partial charge in [0.1, 0.15) is 0 Å².